The van der Waals surface area contributed by atoms with Crippen LogP contribution < -0.4 is 10.4 Å². The van der Waals surface area contributed by atoms with E-state index in [-0.39, 0.29) is 43.3 Å². The zero-order valence-electron chi connectivity index (χ0n) is 38.2. The van der Waals surface area contributed by atoms with Gasteiger partial charge in [-0.2, -0.15) is 0 Å². The van der Waals surface area contributed by atoms with Crippen molar-refractivity contribution in [1.82, 2.24) is 0 Å². The summed E-state index contributed by atoms with van der Waals surface area (Å²) in [5.74, 6) is 0. The standard InChI is InChI=1S/C58H64/c1-51(2,3)35-23-33-21-22-34-24-36(52(4,5)6)26-48-42-32-44-43(31-41(42)47(25-35)55(33,13)56(34,48)14)49-29-37(53(7,8)9)27-45-39-19-17-18-20-40(39)46-28-38(54(10,11)12)30-50(44)58(46,16)57(45,49)15/h17-32H,1-16H3/t55-,56-,57+,58+/m0/s1. The molecule has 0 unspecified atom stereocenters. The minimum Gasteiger partial charge on any atom is -0.0616 e. The van der Waals surface area contributed by atoms with Crippen LogP contribution in [0.4, 0.5) is 0 Å². The van der Waals surface area contributed by atoms with Crippen LogP contribution in [0.5, 0.6) is 0 Å². The molecule has 8 aliphatic carbocycles. The Balaban J connectivity index is 1.45. The molecule has 0 fully saturated rings. The molecule has 0 N–H and O–H groups in total. The van der Waals surface area contributed by atoms with E-state index in [0.29, 0.717) is 0 Å². The maximum Gasteiger partial charge on any atom is 0.0322 e. The van der Waals surface area contributed by atoms with Crippen LogP contribution in [0.25, 0.3) is 33.4 Å². The van der Waals surface area contributed by atoms with Crippen molar-refractivity contribution in [1.29, 1.82) is 0 Å². The molecule has 0 amide bonds. The summed E-state index contributed by atoms with van der Waals surface area (Å²) in [6, 6.07) is 14.7. The highest BCUT2D eigenvalue weighted by Crippen LogP contribution is 2.73. The van der Waals surface area contributed by atoms with Gasteiger partial charge in [-0.05, 0) is 133 Å². The summed E-state index contributed by atoms with van der Waals surface area (Å²) >= 11 is 0. The van der Waals surface area contributed by atoms with Crippen molar-refractivity contribution in [2.24, 2.45) is 43.3 Å². The average molecular weight is 761 g/mol. The van der Waals surface area contributed by atoms with Crippen LogP contribution in [0.1, 0.15) is 133 Å². The van der Waals surface area contributed by atoms with Gasteiger partial charge in [-0.1, -0.05) is 196 Å². The van der Waals surface area contributed by atoms with Gasteiger partial charge >= 0.3 is 0 Å². The van der Waals surface area contributed by atoms with Gasteiger partial charge < -0.3 is 0 Å². The summed E-state index contributed by atoms with van der Waals surface area (Å²) in [4.78, 5) is 0. The van der Waals surface area contributed by atoms with Crippen LogP contribution in [0.3, 0.4) is 0 Å². The zero-order chi connectivity index (χ0) is 41.7. The fourth-order valence-electron chi connectivity index (χ4n) is 12.3. The van der Waals surface area contributed by atoms with E-state index in [4.69, 9.17) is 0 Å². The van der Waals surface area contributed by atoms with Crippen molar-refractivity contribution in [3.63, 3.8) is 0 Å². The Morgan fingerprint density at radius 3 is 0.948 bits per heavy atom. The van der Waals surface area contributed by atoms with Gasteiger partial charge in [0.15, 0.2) is 0 Å². The maximum absolute atomic E-state index is 2.69. The largest absolute Gasteiger partial charge is 0.0616 e. The molecule has 2 aromatic rings. The van der Waals surface area contributed by atoms with Crippen molar-refractivity contribution >= 4 is 33.4 Å². The normalized spacial score (nSPS) is 30.3. The highest BCUT2D eigenvalue weighted by Gasteiger charge is 2.62. The van der Waals surface area contributed by atoms with Crippen molar-refractivity contribution in [2.75, 3.05) is 0 Å². The van der Waals surface area contributed by atoms with Gasteiger partial charge in [0.05, 0.1) is 0 Å². The fraction of sp³-hybridized carbons (Fsp3) is 0.414. The van der Waals surface area contributed by atoms with Gasteiger partial charge in [-0.25, -0.2) is 0 Å². The first-order valence-corrected chi connectivity index (χ1v) is 22.0. The second-order valence-electron chi connectivity index (χ2n) is 23.7. The van der Waals surface area contributed by atoms with Crippen molar-refractivity contribution < 1.29 is 0 Å². The summed E-state index contributed by atoms with van der Waals surface area (Å²) in [6.07, 6.45) is 25.6. The molecule has 0 heteroatoms. The molecule has 10 rings (SSSR count). The summed E-state index contributed by atoms with van der Waals surface area (Å²) in [6.45, 7) is 38.9. The summed E-state index contributed by atoms with van der Waals surface area (Å²) in [5, 5.41) is 2.82. The van der Waals surface area contributed by atoms with Gasteiger partial charge in [0.25, 0.3) is 0 Å². The molecule has 0 saturated heterocycles. The van der Waals surface area contributed by atoms with E-state index in [0.717, 1.165) is 0 Å². The van der Waals surface area contributed by atoms with E-state index in [2.05, 4.69) is 208 Å². The Bertz CT molecular complexity index is 2620. The number of fused-ring (bicyclic) bond motifs is 7. The molecule has 0 spiro atoms. The number of allylic oxidation sites excluding steroid dienone is 20. The first kappa shape index (κ1) is 37.8. The molecule has 8 aliphatic rings. The van der Waals surface area contributed by atoms with Gasteiger partial charge in [0.1, 0.15) is 0 Å². The van der Waals surface area contributed by atoms with E-state index in [9.17, 15) is 0 Å². The van der Waals surface area contributed by atoms with Crippen LogP contribution in [-0.4, -0.2) is 0 Å². The molecular weight excluding hydrogens is 697 g/mol. The predicted molar refractivity (Wildman–Crippen MR) is 250 cm³/mol. The van der Waals surface area contributed by atoms with Crippen LogP contribution in [0, 0.1) is 43.3 Å². The van der Waals surface area contributed by atoms with E-state index < -0.39 is 0 Å². The van der Waals surface area contributed by atoms with Gasteiger partial charge in [-0.3, -0.25) is 0 Å². The minimum absolute atomic E-state index is 0.0121. The Morgan fingerprint density at radius 1 is 0.345 bits per heavy atom. The number of hydrogen-bond acceptors (Lipinski definition) is 0. The lowest BCUT2D eigenvalue weighted by Gasteiger charge is -2.60. The van der Waals surface area contributed by atoms with Crippen LogP contribution in [0.2, 0.25) is 0 Å². The third-order valence-electron chi connectivity index (χ3n) is 16.5. The van der Waals surface area contributed by atoms with Crippen LogP contribution in [-0.2, 0) is 0 Å². The van der Waals surface area contributed by atoms with Gasteiger partial charge in [0.2, 0.25) is 0 Å². The maximum atomic E-state index is 2.69. The lowest BCUT2D eigenvalue weighted by Crippen LogP contribution is -2.55. The molecule has 0 nitrogen and oxygen atoms in total. The lowest BCUT2D eigenvalue weighted by atomic mass is 9.42. The average Bonchev–Trinajstić information content (AvgIpc) is 3.11. The third kappa shape index (κ3) is 4.38. The molecule has 0 aliphatic heterocycles. The lowest BCUT2D eigenvalue weighted by molar-refractivity contribution is 0.298. The van der Waals surface area contributed by atoms with Gasteiger partial charge in [0, 0.05) is 21.7 Å². The first-order valence-electron chi connectivity index (χ1n) is 22.0. The molecule has 58 heavy (non-hydrogen) atoms. The molecule has 0 bridgehead atoms. The fourth-order valence-corrected chi connectivity index (χ4v) is 12.3. The van der Waals surface area contributed by atoms with Crippen LogP contribution in [0.15, 0.2) is 131 Å². The van der Waals surface area contributed by atoms with E-state index in [1.807, 2.05) is 0 Å². The molecule has 0 heterocycles. The second kappa shape index (κ2) is 10.8. The number of hydrogen-bond donors (Lipinski definition) is 0. The monoisotopic (exact) mass is 761 g/mol. The van der Waals surface area contributed by atoms with E-state index >= 15 is 0 Å². The van der Waals surface area contributed by atoms with Crippen molar-refractivity contribution in [3.8, 4) is 0 Å². The summed E-state index contributed by atoms with van der Waals surface area (Å²) < 4.78 is 0. The van der Waals surface area contributed by atoms with Gasteiger partial charge in [-0.15, -0.1) is 0 Å². The van der Waals surface area contributed by atoms with E-state index in [1.165, 1.54) is 99.6 Å². The smallest absolute Gasteiger partial charge is 0.0322 e. The zero-order valence-corrected chi connectivity index (χ0v) is 38.2. The quantitative estimate of drug-likeness (QED) is 0.251. The first-order chi connectivity index (χ1) is 26.8. The minimum atomic E-state index is -0.277. The second-order valence-corrected chi connectivity index (χ2v) is 23.7. The topological polar surface area (TPSA) is 0 Å². The third-order valence-corrected chi connectivity index (χ3v) is 16.5. The SMILES string of the molecule is CC(C)(C)C1=CC2=CC=C3C=C(C(C)(C)C)C=C4c5cc6c(cc5C(=C1)[C@@]2(C)[C@@]34C)=C1C=C(C(C)(C)C)C=C2c3ccccc3C3=CC(C(C)(C)C)=CC=6[C@]3(C)[C@]21C. The molecule has 4 atom stereocenters. The molecule has 2 aromatic carbocycles. The number of rotatable bonds is 0. The van der Waals surface area contributed by atoms with E-state index in [1.54, 1.807) is 0 Å². The Hall–Kier alpha value is -4.42. The Morgan fingerprint density at radius 2 is 0.638 bits per heavy atom. The van der Waals surface area contributed by atoms with Crippen molar-refractivity contribution in [3.05, 3.63) is 163 Å². The number of benzene rings is 2. The predicted octanol–water partition coefficient (Wildman–Crippen LogP) is 14.1. The molecule has 0 saturated carbocycles. The Kier molecular flexibility index (Phi) is 7.07. The summed E-state index contributed by atoms with van der Waals surface area (Å²) in [7, 11) is 0. The Labute approximate surface area is 349 Å². The highest BCUT2D eigenvalue weighted by atomic mass is 14.6. The van der Waals surface area contributed by atoms with Crippen LogP contribution >= 0.6 is 0 Å². The highest BCUT2D eigenvalue weighted by molar-refractivity contribution is 6.08. The molecule has 0 radical (unpaired) electrons. The summed E-state index contributed by atoms with van der Waals surface area (Å²) in [5.41, 5.74) is 21.9. The van der Waals surface area contributed by atoms with Crippen molar-refractivity contribution in [2.45, 2.75) is 111 Å². The molecule has 0 aromatic heterocycles. The molecule has 296 valence electrons. The molecular formula is C58H64.